The van der Waals surface area contributed by atoms with E-state index < -0.39 is 0 Å². The van der Waals surface area contributed by atoms with E-state index in [0.29, 0.717) is 17.9 Å². The van der Waals surface area contributed by atoms with Gasteiger partial charge in [-0.05, 0) is 61.7 Å². The summed E-state index contributed by atoms with van der Waals surface area (Å²) in [5.74, 6) is -0.550. The lowest BCUT2D eigenvalue weighted by atomic mass is 10.1. The second kappa shape index (κ2) is 10.9. The first kappa shape index (κ1) is 22.0. The normalized spacial score (nSPS) is 13.1. The second-order valence-corrected chi connectivity index (χ2v) is 6.58. The van der Waals surface area contributed by atoms with Crippen LogP contribution in [0.2, 0.25) is 0 Å². The number of nitrogens with zero attached hydrogens (tertiary/aromatic N) is 1. The molecule has 150 valence electrons. The van der Waals surface area contributed by atoms with Crippen LogP contribution in [0.15, 0.2) is 101 Å². The summed E-state index contributed by atoms with van der Waals surface area (Å²) >= 11 is 0. The zero-order valence-corrected chi connectivity index (χ0v) is 17.0. The van der Waals surface area contributed by atoms with Crippen molar-refractivity contribution in [2.24, 2.45) is 4.99 Å². The first-order valence-corrected chi connectivity index (χ1v) is 9.39. The molecule has 2 aromatic rings. The molecule has 2 aromatic carbocycles. The Kier molecular flexibility index (Phi) is 8.28. The molecule has 0 heterocycles. The molecule has 0 fully saturated rings. The van der Waals surface area contributed by atoms with Crippen LogP contribution in [0.25, 0.3) is 0 Å². The number of hydrogen-bond donors (Lipinski definition) is 1. The molecule has 2 rings (SSSR count). The highest BCUT2D eigenvalue weighted by Crippen LogP contribution is 2.18. The number of allylic oxidation sites excluding steroid dienone is 5. The van der Waals surface area contributed by atoms with E-state index in [-0.39, 0.29) is 11.6 Å². The van der Waals surface area contributed by atoms with E-state index in [9.17, 15) is 8.78 Å². The zero-order valence-electron chi connectivity index (χ0n) is 17.0. The van der Waals surface area contributed by atoms with Gasteiger partial charge in [0.25, 0.3) is 0 Å². The van der Waals surface area contributed by atoms with Gasteiger partial charge >= 0.3 is 0 Å². The highest BCUT2D eigenvalue weighted by molar-refractivity contribution is 5.99. The van der Waals surface area contributed by atoms with Crippen LogP contribution >= 0.6 is 0 Å². The molecule has 0 atom stereocenters. The van der Waals surface area contributed by atoms with Crippen LogP contribution in [0.1, 0.15) is 31.9 Å². The Balaban J connectivity index is 2.29. The van der Waals surface area contributed by atoms with Crippen molar-refractivity contribution in [3.63, 3.8) is 0 Å². The molecule has 0 aliphatic rings. The predicted molar refractivity (Wildman–Crippen MR) is 118 cm³/mol. The van der Waals surface area contributed by atoms with Gasteiger partial charge in [-0.15, -0.1) is 0 Å². The second-order valence-electron chi connectivity index (χ2n) is 6.58. The molecule has 4 heteroatoms. The quantitative estimate of drug-likeness (QED) is 0.403. The van der Waals surface area contributed by atoms with Gasteiger partial charge in [-0.2, -0.15) is 0 Å². The van der Waals surface area contributed by atoms with Gasteiger partial charge in [0, 0.05) is 12.3 Å². The van der Waals surface area contributed by atoms with Crippen LogP contribution in [0.3, 0.4) is 0 Å². The minimum atomic E-state index is -0.284. The number of hydrogen-bond acceptors (Lipinski definition) is 2. The molecule has 0 aliphatic carbocycles. The van der Waals surface area contributed by atoms with Crippen molar-refractivity contribution in [1.29, 1.82) is 0 Å². The van der Waals surface area contributed by atoms with Gasteiger partial charge in [0.1, 0.15) is 11.6 Å². The average molecular weight is 392 g/mol. The van der Waals surface area contributed by atoms with Gasteiger partial charge < -0.3 is 5.32 Å². The fraction of sp³-hybridized carbons (Fsp3) is 0.160. The monoisotopic (exact) mass is 392 g/mol. The maximum atomic E-state index is 13.2. The Hall–Kier alpha value is -3.27. The minimum Gasteiger partial charge on any atom is -0.380 e. The first-order valence-electron chi connectivity index (χ1n) is 9.39. The third kappa shape index (κ3) is 7.00. The summed E-state index contributed by atoms with van der Waals surface area (Å²) in [4.78, 5) is 4.76. The Morgan fingerprint density at radius 2 is 1.55 bits per heavy atom. The Morgan fingerprint density at radius 3 is 2.14 bits per heavy atom. The molecule has 0 saturated heterocycles. The Labute approximate surface area is 171 Å². The molecule has 1 N–H and O–H groups in total. The average Bonchev–Trinajstić information content (AvgIpc) is 2.71. The van der Waals surface area contributed by atoms with Gasteiger partial charge in [-0.1, -0.05) is 55.1 Å². The van der Waals surface area contributed by atoms with Crippen LogP contribution < -0.4 is 5.32 Å². The summed E-state index contributed by atoms with van der Waals surface area (Å²) < 4.78 is 26.3. The zero-order chi connectivity index (χ0) is 21.2. The van der Waals surface area contributed by atoms with Crippen molar-refractivity contribution < 1.29 is 8.78 Å². The van der Waals surface area contributed by atoms with Crippen LogP contribution in [0, 0.1) is 11.6 Å². The highest BCUT2D eigenvalue weighted by atomic mass is 19.1. The summed E-state index contributed by atoms with van der Waals surface area (Å²) in [6, 6.07) is 12.5. The molecule has 0 aromatic heterocycles. The number of rotatable bonds is 8. The van der Waals surface area contributed by atoms with E-state index in [1.807, 2.05) is 45.1 Å². The van der Waals surface area contributed by atoms with E-state index >= 15 is 0 Å². The van der Waals surface area contributed by atoms with E-state index in [1.165, 1.54) is 24.3 Å². The molecule has 0 radical (unpaired) electrons. The van der Waals surface area contributed by atoms with Crippen LogP contribution in [0.5, 0.6) is 0 Å². The van der Waals surface area contributed by atoms with E-state index in [4.69, 9.17) is 4.99 Å². The lowest BCUT2D eigenvalue weighted by Gasteiger charge is -2.14. The lowest BCUT2D eigenvalue weighted by molar-refractivity contribution is 0.626. The molecule has 29 heavy (non-hydrogen) atoms. The third-order valence-corrected chi connectivity index (χ3v) is 4.27. The van der Waals surface area contributed by atoms with Crippen molar-refractivity contribution in [3.05, 3.63) is 119 Å². The molecule has 0 unspecified atom stereocenters. The third-order valence-electron chi connectivity index (χ3n) is 4.27. The lowest BCUT2D eigenvalue weighted by Crippen LogP contribution is -2.14. The van der Waals surface area contributed by atoms with Crippen molar-refractivity contribution in [3.8, 4) is 0 Å². The maximum Gasteiger partial charge on any atom is 0.123 e. The molecular weight excluding hydrogens is 366 g/mol. The standard InChI is InChI=1S/C25H26F2N2/c1-5-6-7-8-18(2)25(29-19(3)22-11-15-24(27)16-12-22)20(4)28-17-21-9-13-23(26)14-10-21/h5-16,28H,4,17H2,1-3H3/b6-5-,8-7-,25-18+,29-19?. The van der Waals surface area contributed by atoms with Crippen molar-refractivity contribution >= 4 is 5.71 Å². The number of halogens is 2. The van der Waals surface area contributed by atoms with Crippen LogP contribution in [0.4, 0.5) is 8.78 Å². The predicted octanol–water partition coefficient (Wildman–Crippen LogP) is 6.48. The van der Waals surface area contributed by atoms with Gasteiger partial charge in [-0.25, -0.2) is 8.78 Å². The van der Waals surface area contributed by atoms with Gasteiger partial charge in [0.15, 0.2) is 0 Å². The summed E-state index contributed by atoms with van der Waals surface area (Å²) in [7, 11) is 0. The van der Waals surface area contributed by atoms with Gasteiger partial charge in [0.05, 0.1) is 11.4 Å². The van der Waals surface area contributed by atoms with Crippen LogP contribution in [-0.4, -0.2) is 5.71 Å². The van der Waals surface area contributed by atoms with E-state index in [2.05, 4.69) is 11.9 Å². The number of nitrogens with one attached hydrogen (secondary N) is 1. The first-order chi connectivity index (χ1) is 13.9. The topological polar surface area (TPSA) is 24.4 Å². The van der Waals surface area contributed by atoms with E-state index in [0.717, 1.165) is 22.4 Å². The fourth-order valence-electron chi connectivity index (χ4n) is 2.60. The molecule has 0 saturated carbocycles. The minimum absolute atomic E-state index is 0.266. The van der Waals surface area contributed by atoms with Crippen molar-refractivity contribution in [2.45, 2.75) is 27.3 Å². The van der Waals surface area contributed by atoms with E-state index in [1.54, 1.807) is 24.3 Å². The summed E-state index contributed by atoms with van der Waals surface area (Å²) in [6.07, 6.45) is 7.78. The van der Waals surface area contributed by atoms with Crippen molar-refractivity contribution in [2.75, 3.05) is 0 Å². The number of aliphatic imine (C=N–C) groups is 1. The summed E-state index contributed by atoms with van der Waals surface area (Å²) in [6.45, 7) is 10.4. The molecule has 0 bridgehead atoms. The Morgan fingerprint density at radius 1 is 0.966 bits per heavy atom. The fourth-order valence-corrected chi connectivity index (χ4v) is 2.60. The summed E-state index contributed by atoms with van der Waals surface area (Å²) in [5, 5.41) is 3.26. The number of benzene rings is 2. The van der Waals surface area contributed by atoms with Gasteiger partial charge in [0.2, 0.25) is 0 Å². The molecule has 2 nitrogen and oxygen atoms in total. The Bertz CT molecular complexity index is 947. The maximum absolute atomic E-state index is 13.2. The largest absolute Gasteiger partial charge is 0.380 e. The SMILES string of the molecule is C=C(NCc1ccc(F)cc1)\C(N=C(C)c1ccc(F)cc1)=C(C)/C=C\C=C/C. The van der Waals surface area contributed by atoms with Crippen LogP contribution in [-0.2, 0) is 6.54 Å². The van der Waals surface area contributed by atoms with Gasteiger partial charge in [-0.3, -0.25) is 4.99 Å². The highest BCUT2D eigenvalue weighted by Gasteiger charge is 2.07. The molecule has 0 aliphatic heterocycles. The summed E-state index contributed by atoms with van der Waals surface area (Å²) in [5.41, 5.74) is 4.81. The molecule has 0 amide bonds. The van der Waals surface area contributed by atoms with Crippen molar-refractivity contribution in [1.82, 2.24) is 5.32 Å². The smallest absolute Gasteiger partial charge is 0.123 e. The molecule has 0 spiro atoms. The molecular formula is C25H26F2N2.